The Bertz CT molecular complexity index is 811. The molecule has 0 aliphatic carbocycles. The Morgan fingerprint density at radius 2 is 2.04 bits per heavy atom. The zero-order chi connectivity index (χ0) is 18.8. The first-order valence-corrected chi connectivity index (χ1v) is 9.40. The van der Waals surface area contributed by atoms with Crippen LogP contribution < -0.4 is 4.74 Å². The maximum atomic E-state index is 12.9. The fraction of sp³-hybridized carbons (Fsp3) is 0.500. The summed E-state index contributed by atoms with van der Waals surface area (Å²) in [7, 11) is 2.00. The lowest BCUT2D eigenvalue weighted by Gasteiger charge is -2.31. The molecule has 2 aliphatic heterocycles. The first-order chi connectivity index (χ1) is 13.1. The summed E-state index contributed by atoms with van der Waals surface area (Å²) < 4.78 is 26.0. The molecular weight excluding hydrogens is 349 g/mol. The predicted octanol–water partition coefficient (Wildman–Crippen LogP) is 2.42. The third-order valence-electron chi connectivity index (χ3n) is 5.45. The van der Waals surface area contributed by atoms with Gasteiger partial charge in [0.1, 0.15) is 11.6 Å². The molecule has 27 heavy (non-hydrogen) atoms. The van der Waals surface area contributed by atoms with Gasteiger partial charge in [-0.15, -0.1) is 0 Å². The Morgan fingerprint density at radius 1 is 1.30 bits per heavy atom. The van der Waals surface area contributed by atoms with E-state index in [9.17, 15) is 9.18 Å². The molecule has 6 nitrogen and oxygen atoms in total. The number of ether oxygens (including phenoxy) is 2. The molecule has 0 saturated carbocycles. The van der Waals surface area contributed by atoms with Crippen molar-refractivity contribution in [3.8, 4) is 5.75 Å². The van der Waals surface area contributed by atoms with Crippen molar-refractivity contribution in [1.82, 2.24) is 14.7 Å². The van der Waals surface area contributed by atoms with E-state index in [-0.39, 0.29) is 18.3 Å². The smallest absolute Gasteiger partial charge is 0.260 e. The molecule has 4 rings (SSSR count). The SMILES string of the molecule is Cn1nc(C2CCN(C(=O)COc3ccc(F)cc3)CC2)c2c1CCOC2. The van der Waals surface area contributed by atoms with Crippen LogP contribution in [0.3, 0.4) is 0 Å². The molecule has 0 spiro atoms. The molecule has 1 aromatic heterocycles. The molecule has 1 amide bonds. The lowest BCUT2D eigenvalue weighted by Crippen LogP contribution is -2.40. The first-order valence-electron chi connectivity index (χ1n) is 9.40. The number of rotatable bonds is 4. The topological polar surface area (TPSA) is 56.6 Å². The highest BCUT2D eigenvalue weighted by atomic mass is 19.1. The van der Waals surface area contributed by atoms with Gasteiger partial charge in [-0.3, -0.25) is 9.48 Å². The number of aryl methyl sites for hydroxylation is 1. The van der Waals surface area contributed by atoms with Crippen molar-refractivity contribution in [3.05, 3.63) is 47.0 Å². The van der Waals surface area contributed by atoms with Crippen molar-refractivity contribution >= 4 is 5.91 Å². The molecule has 0 N–H and O–H groups in total. The second-order valence-corrected chi connectivity index (χ2v) is 7.13. The van der Waals surface area contributed by atoms with E-state index < -0.39 is 0 Å². The van der Waals surface area contributed by atoms with Gasteiger partial charge in [-0.2, -0.15) is 5.10 Å². The zero-order valence-electron chi connectivity index (χ0n) is 15.5. The van der Waals surface area contributed by atoms with Crippen LogP contribution in [0, 0.1) is 5.82 Å². The summed E-state index contributed by atoms with van der Waals surface area (Å²) in [5.41, 5.74) is 3.66. The summed E-state index contributed by atoms with van der Waals surface area (Å²) >= 11 is 0. The maximum absolute atomic E-state index is 12.9. The molecule has 0 unspecified atom stereocenters. The highest BCUT2D eigenvalue weighted by Gasteiger charge is 2.30. The minimum atomic E-state index is -0.321. The summed E-state index contributed by atoms with van der Waals surface area (Å²) in [6.45, 7) is 2.77. The number of hydrogen-bond acceptors (Lipinski definition) is 4. The van der Waals surface area contributed by atoms with Crippen molar-refractivity contribution < 1.29 is 18.7 Å². The number of nitrogens with zero attached hydrogens (tertiary/aromatic N) is 3. The second kappa shape index (κ2) is 7.68. The van der Waals surface area contributed by atoms with Gasteiger partial charge in [-0.25, -0.2) is 4.39 Å². The monoisotopic (exact) mass is 373 g/mol. The van der Waals surface area contributed by atoms with E-state index >= 15 is 0 Å². The lowest BCUT2D eigenvalue weighted by molar-refractivity contribution is -0.134. The van der Waals surface area contributed by atoms with Gasteiger partial charge in [-0.1, -0.05) is 0 Å². The number of piperidine rings is 1. The summed E-state index contributed by atoms with van der Waals surface area (Å²) in [4.78, 5) is 14.2. The molecule has 1 aromatic carbocycles. The van der Waals surface area contributed by atoms with Crippen LogP contribution in [0.2, 0.25) is 0 Å². The van der Waals surface area contributed by atoms with Crippen LogP contribution in [0.5, 0.6) is 5.75 Å². The first kappa shape index (κ1) is 18.0. The van der Waals surface area contributed by atoms with E-state index in [1.165, 1.54) is 35.5 Å². The Kier molecular flexibility index (Phi) is 5.11. The standard InChI is InChI=1S/C20H24FN3O3/c1-23-18-8-11-26-12-17(18)20(22-23)14-6-9-24(10-7-14)19(25)13-27-16-4-2-15(21)3-5-16/h2-5,14H,6-13H2,1H3. The summed E-state index contributed by atoms with van der Waals surface area (Å²) in [6, 6.07) is 5.70. The van der Waals surface area contributed by atoms with Crippen molar-refractivity contribution in [2.24, 2.45) is 7.05 Å². The average molecular weight is 373 g/mol. The minimum absolute atomic E-state index is 0.0247. The van der Waals surface area contributed by atoms with Crippen molar-refractivity contribution in [3.63, 3.8) is 0 Å². The number of carbonyl (C=O) groups is 1. The van der Waals surface area contributed by atoms with Gasteiger partial charge in [0, 0.05) is 43.7 Å². The summed E-state index contributed by atoms with van der Waals surface area (Å²) in [5, 5.41) is 4.75. The molecule has 1 saturated heterocycles. The van der Waals surface area contributed by atoms with E-state index in [0.717, 1.165) is 31.6 Å². The molecule has 2 aromatic rings. The van der Waals surface area contributed by atoms with E-state index in [2.05, 4.69) is 0 Å². The Morgan fingerprint density at radius 3 is 2.78 bits per heavy atom. The third kappa shape index (κ3) is 3.83. The zero-order valence-corrected chi connectivity index (χ0v) is 15.5. The largest absolute Gasteiger partial charge is 0.484 e. The van der Waals surface area contributed by atoms with Crippen molar-refractivity contribution in [1.29, 1.82) is 0 Å². The van der Waals surface area contributed by atoms with E-state index in [0.29, 0.717) is 31.4 Å². The molecule has 1 fully saturated rings. The molecule has 7 heteroatoms. The predicted molar refractivity (Wildman–Crippen MR) is 97.0 cm³/mol. The molecule has 3 heterocycles. The number of likely N-dealkylation sites (tertiary alicyclic amines) is 1. The van der Waals surface area contributed by atoms with Crippen LogP contribution in [0.4, 0.5) is 4.39 Å². The number of carbonyl (C=O) groups excluding carboxylic acids is 1. The number of fused-ring (bicyclic) bond motifs is 1. The van der Waals surface area contributed by atoms with Crippen molar-refractivity contribution in [2.75, 3.05) is 26.3 Å². The normalized spacial score (nSPS) is 17.6. The highest BCUT2D eigenvalue weighted by molar-refractivity contribution is 5.77. The molecule has 0 bridgehead atoms. The van der Waals surface area contributed by atoms with Gasteiger partial charge < -0.3 is 14.4 Å². The number of benzene rings is 1. The Labute approximate surface area is 157 Å². The van der Waals surface area contributed by atoms with Gasteiger partial charge in [0.15, 0.2) is 6.61 Å². The number of hydrogen-bond donors (Lipinski definition) is 0. The third-order valence-corrected chi connectivity index (χ3v) is 5.45. The fourth-order valence-corrected chi connectivity index (χ4v) is 3.94. The quantitative estimate of drug-likeness (QED) is 0.826. The van der Waals surface area contributed by atoms with Crippen LogP contribution in [-0.2, 0) is 29.6 Å². The van der Waals surface area contributed by atoms with Crippen LogP contribution >= 0.6 is 0 Å². The van der Waals surface area contributed by atoms with Gasteiger partial charge in [0.05, 0.1) is 18.9 Å². The molecular formula is C20H24FN3O3. The van der Waals surface area contributed by atoms with Crippen molar-refractivity contribution in [2.45, 2.75) is 31.8 Å². The second-order valence-electron chi connectivity index (χ2n) is 7.13. The highest BCUT2D eigenvalue weighted by Crippen LogP contribution is 2.32. The van der Waals surface area contributed by atoms with Crippen LogP contribution in [-0.4, -0.2) is 46.9 Å². The summed E-state index contributed by atoms with van der Waals surface area (Å²) in [6.07, 6.45) is 2.70. The van der Waals surface area contributed by atoms with E-state index in [1.807, 2.05) is 16.6 Å². The van der Waals surface area contributed by atoms with Gasteiger partial charge in [-0.05, 0) is 37.1 Å². The van der Waals surface area contributed by atoms with E-state index in [1.54, 1.807) is 0 Å². The Balaban J connectivity index is 1.32. The van der Waals surface area contributed by atoms with Crippen LogP contribution in [0.15, 0.2) is 24.3 Å². The molecule has 144 valence electrons. The molecule has 0 radical (unpaired) electrons. The van der Waals surface area contributed by atoms with Gasteiger partial charge in [0.2, 0.25) is 0 Å². The molecule has 0 atom stereocenters. The maximum Gasteiger partial charge on any atom is 0.260 e. The number of halogens is 1. The molecule has 2 aliphatic rings. The van der Waals surface area contributed by atoms with Gasteiger partial charge >= 0.3 is 0 Å². The van der Waals surface area contributed by atoms with Gasteiger partial charge in [0.25, 0.3) is 5.91 Å². The van der Waals surface area contributed by atoms with Crippen LogP contribution in [0.25, 0.3) is 0 Å². The average Bonchev–Trinajstić information content (AvgIpc) is 3.04. The summed E-state index contributed by atoms with van der Waals surface area (Å²) in [5.74, 6) is 0.505. The minimum Gasteiger partial charge on any atom is -0.484 e. The van der Waals surface area contributed by atoms with E-state index in [4.69, 9.17) is 14.6 Å². The Hall–Kier alpha value is -2.41. The lowest BCUT2D eigenvalue weighted by atomic mass is 9.90. The fourth-order valence-electron chi connectivity index (χ4n) is 3.94. The number of amides is 1. The van der Waals surface area contributed by atoms with Crippen LogP contribution in [0.1, 0.15) is 35.7 Å². The number of aromatic nitrogens is 2.